The minimum atomic E-state index is -0.0622. The van der Waals surface area contributed by atoms with Crippen molar-refractivity contribution in [3.63, 3.8) is 0 Å². The van der Waals surface area contributed by atoms with Crippen molar-refractivity contribution in [2.45, 2.75) is 38.3 Å². The van der Waals surface area contributed by atoms with Gasteiger partial charge in [-0.05, 0) is 26.3 Å². The molecule has 0 amide bonds. The molecule has 2 unspecified atom stereocenters. The van der Waals surface area contributed by atoms with Crippen molar-refractivity contribution in [2.75, 3.05) is 6.54 Å². The molecule has 0 aromatic carbocycles. The van der Waals surface area contributed by atoms with E-state index in [9.17, 15) is 0 Å². The van der Waals surface area contributed by atoms with Crippen LogP contribution in [0.5, 0.6) is 0 Å². The summed E-state index contributed by atoms with van der Waals surface area (Å²) in [5.74, 6) is 1.58. The van der Waals surface area contributed by atoms with E-state index in [0.717, 1.165) is 24.6 Å². The molecule has 2 atom stereocenters. The molecule has 0 radical (unpaired) electrons. The summed E-state index contributed by atoms with van der Waals surface area (Å²) in [6.07, 6.45) is 5.09. The highest BCUT2D eigenvalue weighted by atomic mass is 16.4. The zero-order valence-electron chi connectivity index (χ0n) is 8.49. The molecule has 78 valence electrons. The van der Waals surface area contributed by atoms with Gasteiger partial charge in [-0.3, -0.25) is 0 Å². The highest BCUT2D eigenvalue weighted by molar-refractivity contribution is 5.00. The zero-order valence-corrected chi connectivity index (χ0v) is 8.49. The fourth-order valence-corrected chi connectivity index (χ4v) is 1.77. The van der Waals surface area contributed by atoms with Crippen LogP contribution in [0.25, 0.3) is 0 Å². The first kappa shape index (κ1) is 9.68. The fraction of sp³-hybridized carbons (Fsp3) is 0.700. The van der Waals surface area contributed by atoms with Crippen LogP contribution in [0.2, 0.25) is 0 Å². The van der Waals surface area contributed by atoms with Crippen molar-refractivity contribution in [3.8, 4) is 0 Å². The van der Waals surface area contributed by atoms with E-state index in [4.69, 9.17) is 10.2 Å². The summed E-state index contributed by atoms with van der Waals surface area (Å²) in [4.78, 5) is 4.21. The van der Waals surface area contributed by atoms with E-state index in [1.54, 1.807) is 6.20 Å². The van der Waals surface area contributed by atoms with Crippen LogP contribution in [0, 0.1) is 0 Å². The molecular weight excluding hydrogens is 178 g/mol. The Morgan fingerprint density at radius 3 is 3.21 bits per heavy atom. The number of nitrogens with zero attached hydrogens (tertiary/aromatic N) is 1. The van der Waals surface area contributed by atoms with Crippen molar-refractivity contribution in [2.24, 2.45) is 5.73 Å². The second-order valence-electron chi connectivity index (χ2n) is 3.94. The van der Waals surface area contributed by atoms with Crippen molar-refractivity contribution in [1.82, 2.24) is 10.3 Å². The molecule has 1 aromatic rings. The predicted molar refractivity (Wildman–Crippen MR) is 53.8 cm³/mol. The summed E-state index contributed by atoms with van der Waals surface area (Å²) in [5, 5.41) is 3.41. The Morgan fingerprint density at radius 2 is 2.64 bits per heavy atom. The van der Waals surface area contributed by atoms with Crippen LogP contribution in [0.1, 0.15) is 37.5 Å². The maximum Gasteiger partial charge on any atom is 0.195 e. The Morgan fingerprint density at radius 1 is 1.79 bits per heavy atom. The molecule has 1 aromatic heterocycles. The Labute approximate surface area is 83.9 Å². The molecular formula is C10H17N3O. The molecule has 1 aliphatic heterocycles. The van der Waals surface area contributed by atoms with E-state index < -0.39 is 0 Å². The first-order valence-electron chi connectivity index (χ1n) is 5.19. The van der Waals surface area contributed by atoms with Crippen molar-refractivity contribution < 1.29 is 4.42 Å². The molecule has 4 heteroatoms. The summed E-state index contributed by atoms with van der Waals surface area (Å²) in [7, 11) is 0. The maximum absolute atomic E-state index is 5.69. The first-order chi connectivity index (χ1) is 6.75. The summed E-state index contributed by atoms with van der Waals surface area (Å²) in [6, 6.07) is 0.474. The highest BCUT2D eigenvalue weighted by Crippen LogP contribution is 2.15. The van der Waals surface area contributed by atoms with Crippen LogP contribution in [-0.2, 0) is 6.42 Å². The van der Waals surface area contributed by atoms with Gasteiger partial charge in [-0.2, -0.15) is 0 Å². The monoisotopic (exact) mass is 195 g/mol. The minimum Gasteiger partial charge on any atom is -0.444 e. The lowest BCUT2D eigenvalue weighted by molar-refractivity contribution is 0.413. The van der Waals surface area contributed by atoms with E-state index in [1.807, 2.05) is 6.92 Å². The number of hydrogen-bond acceptors (Lipinski definition) is 4. The van der Waals surface area contributed by atoms with Crippen LogP contribution in [0.15, 0.2) is 10.6 Å². The average molecular weight is 195 g/mol. The molecule has 14 heavy (non-hydrogen) atoms. The van der Waals surface area contributed by atoms with Crippen molar-refractivity contribution in [3.05, 3.63) is 17.8 Å². The molecule has 1 aliphatic rings. The van der Waals surface area contributed by atoms with Gasteiger partial charge in [0, 0.05) is 12.5 Å². The van der Waals surface area contributed by atoms with Crippen LogP contribution < -0.4 is 11.1 Å². The third kappa shape index (κ3) is 2.13. The van der Waals surface area contributed by atoms with Gasteiger partial charge >= 0.3 is 0 Å². The van der Waals surface area contributed by atoms with Gasteiger partial charge in [0.2, 0.25) is 0 Å². The molecule has 1 saturated heterocycles. The molecule has 0 spiro atoms. The maximum atomic E-state index is 5.69. The van der Waals surface area contributed by atoms with Crippen LogP contribution in [0.3, 0.4) is 0 Å². The third-order valence-electron chi connectivity index (χ3n) is 2.60. The number of rotatable bonds is 3. The van der Waals surface area contributed by atoms with E-state index in [1.165, 1.54) is 12.8 Å². The molecule has 0 saturated carbocycles. The first-order valence-corrected chi connectivity index (χ1v) is 5.19. The molecule has 0 aliphatic carbocycles. The number of nitrogens with one attached hydrogen (secondary N) is 1. The second kappa shape index (κ2) is 4.11. The number of oxazole rings is 1. The number of nitrogens with two attached hydrogens (primary N) is 1. The van der Waals surface area contributed by atoms with Gasteiger partial charge in [-0.15, -0.1) is 0 Å². The predicted octanol–water partition coefficient (Wildman–Crippen LogP) is 0.989. The molecule has 2 rings (SSSR count). The Kier molecular flexibility index (Phi) is 2.84. The van der Waals surface area contributed by atoms with E-state index in [0.29, 0.717) is 6.04 Å². The van der Waals surface area contributed by atoms with Gasteiger partial charge in [0.15, 0.2) is 5.89 Å². The van der Waals surface area contributed by atoms with Gasteiger partial charge in [0.25, 0.3) is 0 Å². The van der Waals surface area contributed by atoms with Crippen LogP contribution in [0.4, 0.5) is 0 Å². The minimum absolute atomic E-state index is 0.0622. The molecule has 2 heterocycles. The van der Waals surface area contributed by atoms with E-state index in [2.05, 4.69) is 10.3 Å². The van der Waals surface area contributed by atoms with Gasteiger partial charge in [0.05, 0.1) is 12.2 Å². The van der Waals surface area contributed by atoms with E-state index >= 15 is 0 Å². The summed E-state index contributed by atoms with van der Waals surface area (Å²) < 4.78 is 5.53. The number of aromatic nitrogens is 1. The van der Waals surface area contributed by atoms with Gasteiger partial charge < -0.3 is 15.5 Å². The fourth-order valence-electron chi connectivity index (χ4n) is 1.77. The van der Waals surface area contributed by atoms with Gasteiger partial charge in [-0.25, -0.2) is 4.98 Å². The van der Waals surface area contributed by atoms with Gasteiger partial charge in [-0.1, -0.05) is 0 Å². The van der Waals surface area contributed by atoms with E-state index in [-0.39, 0.29) is 6.04 Å². The smallest absolute Gasteiger partial charge is 0.195 e. The Hall–Kier alpha value is -0.870. The van der Waals surface area contributed by atoms with Crippen molar-refractivity contribution >= 4 is 0 Å². The standard InChI is InChI=1S/C10H17N3O/c1-7(11)9-6-13-10(14-9)5-8-3-2-4-12-8/h6-8,12H,2-5,11H2,1H3. The van der Waals surface area contributed by atoms with Crippen LogP contribution in [-0.4, -0.2) is 17.6 Å². The topological polar surface area (TPSA) is 64.1 Å². The lowest BCUT2D eigenvalue weighted by Gasteiger charge is -2.05. The summed E-state index contributed by atoms with van der Waals surface area (Å²) in [6.45, 7) is 3.02. The number of hydrogen-bond donors (Lipinski definition) is 2. The summed E-state index contributed by atoms with van der Waals surface area (Å²) >= 11 is 0. The quantitative estimate of drug-likeness (QED) is 0.755. The van der Waals surface area contributed by atoms with Gasteiger partial charge in [0.1, 0.15) is 5.76 Å². The zero-order chi connectivity index (χ0) is 9.97. The van der Waals surface area contributed by atoms with Crippen molar-refractivity contribution in [1.29, 1.82) is 0 Å². The molecule has 4 nitrogen and oxygen atoms in total. The Bertz CT molecular complexity index is 289. The lowest BCUT2D eigenvalue weighted by Crippen LogP contribution is -2.23. The summed E-state index contributed by atoms with van der Waals surface area (Å²) in [5.41, 5.74) is 5.69. The SMILES string of the molecule is CC(N)c1cnc(CC2CCCN2)o1. The largest absolute Gasteiger partial charge is 0.444 e. The average Bonchev–Trinajstić information content (AvgIpc) is 2.75. The third-order valence-corrected chi connectivity index (χ3v) is 2.60. The van der Waals surface area contributed by atoms with Crippen LogP contribution >= 0.6 is 0 Å². The normalized spacial score (nSPS) is 24.0. The molecule has 0 bridgehead atoms. The molecule has 1 fully saturated rings. The molecule has 3 N–H and O–H groups in total. The second-order valence-corrected chi connectivity index (χ2v) is 3.94. The Balaban J connectivity index is 1.95. The highest BCUT2D eigenvalue weighted by Gasteiger charge is 2.17. The lowest BCUT2D eigenvalue weighted by atomic mass is 10.2.